The van der Waals surface area contributed by atoms with Crippen LogP contribution >= 0.6 is 0 Å². The number of carbonyl (C=O) groups is 1. The van der Waals surface area contributed by atoms with Crippen molar-refractivity contribution in [1.29, 1.82) is 0 Å². The molecule has 3 nitrogen and oxygen atoms in total. The molecule has 1 saturated carbocycles. The van der Waals surface area contributed by atoms with Crippen LogP contribution in [0.15, 0.2) is 0 Å². The Morgan fingerprint density at radius 1 is 1.33 bits per heavy atom. The predicted molar refractivity (Wildman–Crippen MR) is 62.7 cm³/mol. The van der Waals surface area contributed by atoms with Crippen molar-refractivity contribution in [2.24, 2.45) is 5.92 Å². The summed E-state index contributed by atoms with van der Waals surface area (Å²) in [5, 5.41) is 6.37. The minimum atomic E-state index is 0.176. The third-order valence-electron chi connectivity index (χ3n) is 2.96. The third kappa shape index (κ3) is 5.17. The summed E-state index contributed by atoms with van der Waals surface area (Å²) in [7, 11) is 0. The Morgan fingerprint density at radius 3 is 2.60 bits per heavy atom. The molecule has 0 aromatic heterocycles. The standard InChI is InChI=1S/C12H24N2O/c1-3-8-14-12(15)7-9-13-11(4-2)10-5-6-10/h10-11,13H,3-9H2,1-2H3,(H,14,15). The molecule has 0 saturated heterocycles. The minimum Gasteiger partial charge on any atom is -0.356 e. The van der Waals surface area contributed by atoms with Crippen LogP contribution < -0.4 is 10.6 Å². The zero-order valence-electron chi connectivity index (χ0n) is 10.0. The summed E-state index contributed by atoms with van der Waals surface area (Å²) in [6, 6.07) is 0.643. The smallest absolute Gasteiger partial charge is 0.221 e. The second kappa shape index (κ2) is 6.83. The van der Waals surface area contributed by atoms with Gasteiger partial charge < -0.3 is 10.6 Å². The maximum absolute atomic E-state index is 11.3. The van der Waals surface area contributed by atoms with Crippen molar-refractivity contribution in [1.82, 2.24) is 10.6 Å². The molecule has 1 amide bonds. The van der Waals surface area contributed by atoms with Gasteiger partial charge in [-0.3, -0.25) is 4.79 Å². The van der Waals surface area contributed by atoms with Crippen LogP contribution in [0.5, 0.6) is 0 Å². The molecule has 1 rings (SSSR count). The van der Waals surface area contributed by atoms with Crippen LogP contribution in [0, 0.1) is 5.92 Å². The molecule has 1 fully saturated rings. The van der Waals surface area contributed by atoms with E-state index in [1.54, 1.807) is 0 Å². The number of hydrogen-bond donors (Lipinski definition) is 2. The van der Waals surface area contributed by atoms with E-state index < -0.39 is 0 Å². The molecule has 0 bridgehead atoms. The summed E-state index contributed by atoms with van der Waals surface area (Å²) in [4.78, 5) is 11.3. The van der Waals surface area contributed by atoms with Gasteiger partial charge in [-0.05, 0) is 31.6 Å². The zero-order valence-corrected chi connectivity index (χ0v) is 10.0. The molecule has 0 aliphatic heterocycles. The van der Waals surface area contributed by atoms with Crippen molar-refractivity contribution in [3.63, 3.8) is 0 Å². The first-order valence-electron chi connectivity index (χ1n) is 6.28. The van der Waals surface area contributed by atoms with E-state index in [1.807, 2.05) is 0 Å². The average molecular weight is 212 g/mol. The van der Waals surface area contributed by atoms with Crippen LogP contribution in [-0.4, -0.2) is 25.0 Å². The lowest BCUT2D eigenvalue weighted by atomic mass is 10.1. The van der Waals surface area contributed by atoms with Gasteiger partial charge in [-0.25, -0.2) is 0 Å². The van der Waals surface area contributed by atoms with Crippen LogP contribution in [-0.2, 0) is 4.79 Å². The highest BCUT2D eigenvalue weighted by Crippen LogP contribution is 2.33. The molecular formula is C12H24N2O. The molecule has 88 valence electrons. The lowest BCUT2D eigenvalue weighted by molar-refractivity contribution is -0.121. The normalized spacial score (nSPS) is 17.5. The van der Waals surface area contributed by atoms with E-state index in [1.165, 1.54) is 19.3 Å². The summed E-state index contributed by atoms with van der Waals surface area (Å²) < 4.78 is 0. The summed E-state index contributed by atoms with van der Waals surface area (Å²) >= 11 is 0. The predicted octanol–water partition coefficient (Wildman–Crippen LogP) is 1.68. The summed E-state index contributed by atoms with van der Waals surface area (Å²) in [5.74, 6) is 1.06. The molecule has 1 aliphatic rings. The van der Waals surface area contributed by atoms with Crippen molar-refractivity contribution in [2.75, 3.05) is 13.1 Å². The number of nitrogens with one attached hydrogen (secondary N) is 2. The molecule has 0 aromatic rings. The lowest BCUT2D eigenvalue weighted by Crippen LogP contribution is -2.34. The Kier molecular flexibility index (Phi) is 5.69. The first-order valence-corrected chi connectivity index (χ1v) is 6.28. The topological polar surface area (TPSA) is 41.1 Å². The first-order chi connectivity index (χ1) is 7.27. The van der Waals surface area contributed by atoms with Gasteiger partial charge in [0, 0.05) is 25.6 Å². The number of rotatable bonds is 8. The second-order valence-electron chi connectivity index (χ2n) is 4.41. The van der Waals surface area contributed by atoms with Crippen molar-refractivity contribution in [2.45, 2.75) is 52.0 Å². The maximum atomic E-state index is 11.3. The Hall–Kier alpha value is -0.570. The Labute approximate surface area is 93.0 Å². The van der Waals surface area contributed by atoms with E-state index in [9.17, 15) is 4.79 Å². The van der Waals surface area contributed by atoms with Gasteiger partial charge in [0.2, 0.25) is 5.91 Å². The zero-order chi connectivity index (χ0) is 11.1. The quantitative estimate of drug-likeness (QED) is 0.643. The van der Waals surface area contributed by atoms with Gasteiger partial charge in [-0.2, -0.15) is 0 Å². The highest BCUT2D eigenvalue weighted by molar-refractivity contribution is 5.75. The number of hydrogen-bond acceptors (Lipinski definition) is 2. The maximum Gasteiger partial charge on any atom is 0.221 e. The Balaban J connectivity index is 2.01. The molecular weight excluding hydrogens is 188 g/mol. The van der Waals surface area contributed by atoms with Gasteiger partial charge in [-0.1, -0.05) is 13.8 Å². The fourth-order valence-electron chi connectivity index (χ4n) is 1.87. The van der Waals surface area contributed by atoms with Gasteiger partial charge in [0.25, 0.3) is 0 Å². The van der Waals surface area contributed by atoms with Crippen molar-refractivity contribution in [3.05, 3.63) is 0 Å². The molecule has 1 atom stereocenters. The number of carbonyl (C=O) groups excluding carboxylic acids is 1. The molecule has 2 N–H and O–H groups in total. The van der Waals surface area contributed by atoms with Gasteiger partial charge in [0.15, 0.2) is 0 Å². The highest BCUT2D eigenvalue weighted by Gasteiger charge is 2.29. The van der Waals surface area contributed by atoms with Crippen LogP contribution in [0.3, 0.4) is 0 Å². The molecule has 15 heavy (non-hydrogen) atoms. The molecule has 0 radical (unpaired) electrons. The van der Waals surface area contributed by atoms with E-state index in [4.69, 9.17) is 0 Å². The third-order valence-corrected chi connectivity index (χ3v) is 2.96. The van der Waals surface area contributed by atoms with E-state index in [2.05, 4.69) is 24.5 Å². The molecule has 0 spiro atoms. The van der Waals surface area contributed by atoms with E-state index in [0.717, 1.165) is 25.4 Å². The Bertz CT molecular complexity index is 190. The van der Waals surface area contributed by atoms with Crippen LogP contribution in [0.2, 0.25) is 0 Å². The molecule has 3 heteroatoms. The van der Waals surface area contributed by atoms with Gasteiger partial charge in [0.05, 0.1) is 0 Å². The van der Waals surface area contributed by atoms with E-state index >= 15 is 0 Å². The van der Waals surface area contributed by atoms with Crippen molar-refractivity contribution in [3.8, 4) is 0 Å². The van der Waals surface area contributed by atoms with Crippen LogP contribution in [0.1, 0.15) is 46.0 Å². The average Bonchev–Trinajstić information content (AvgIpc) is 3.05. The molecule has 1 aliphatic carbocycles. The van der Waals surface area contributed by atoms with E-state index in [-0.39, 0.29) is 5.91 Å². The van der Waals surface area contributed by atoms with Gasteiger partial charge in [-0.15, -0.1) is 0 Å². The van der Waals surface area contributed by atoms with Crippen LogP contribution in [0.25, 0.3) is 0 Å². The fourth-order valence-corrected chi connectivity index (χ4v) is 1.87. The molecule has 0 aromatic carbocycles. The minimum absolute atomic E-state index is 0.176. The van der Waals surface area contributed by atoms with Crippen molar-refractivity contribution >= 4 is 5.91 Å². The van der Waals surface area contributed by atoms with Gasteiger partial charge >= 0.3 is 0 Å². The van der Waals surface area contributed by atoms with Crippen molar-refractivity contribution < 1.29 is 4.79 Å². The second-order valence-corrected chi connectivity index (χ2v) is 4.41. The Morgan fingerprint density at radius 2 is 2.07 bits per heavy atom. The monoisotopic (exact) mass is 212 g/mol. The molecule has 1 unspecified atom stereocenters. The van der Waals surface area contributed by atoms with E-state index in [0.29, 0.717) is 12.5 Å². The summed E-state index contributed by atoms with van der Waals surface area (Å²) in [5.41, 5.74) is 0. The van der Waals surface area contributed by atoms with Gasteiger partial charge in [0.1, 0.15) is 0 Å². The first kappa shape index (κ1) is 12.5. The molecule has 0 heterocycles. The van der Waals surface area contributed by atoms with Crippen LogP contribution in [0.4, 0.5) is 0 Å². The SMILES string of the molecule is CCCNC(=O)CCNC(CC)C1CC1. The number of amides is 1. The summed E-state index contributed by atoms with van der Waals surface area (Å²) in [6.07, 6.45) is 5.55. The fraction of sp³-hybridized carbons (Fsp3) is 0.917. The summed E-state index contributed by atoms with van der Waals surface area (Å²) in [6.45, 7) is 5.91. The highest BCUT2D eigenvalue weighted by atomic mass is 16.1. The lowest BCUT2D eigenvalue weighted by Gasteiger charge is -2.15. The largest absolute Gasteiger partial charge is 0.356 e.